The molecule has 1 aromatic heterocycles. The molecule has 1 aromatic carbocycles. The Balaban J connectivity index is 1.57. The highest BCUT2D eigenvalue weighted by Gasteiger charge is 2.25. The van der Waals surface area contributed by atoms with Gasteiger partial charge in [-0.15, -0.1) is 0 Å². The molecule has 0 N–H and O–H groups in total. The van der Waals surface area contributed by atoms with E-state index in [1.807, 2.05) is 18.3 Å². The Bertz CT molecular complexity index is 972. The first-order chi connectivity index (χ1) is 13.0. The highest BCUT2D eigenvalue weighted by molar-refractivity contribution is 7.91. The SMILES string of the molecule is O=c1c(Cc2ccccc2S(=O)(=O)COCC2CC2)cccn1C1CCC1. The van der Waals surface area contributed by atoms with Gasteiger partial charge in [-0.2, -0.15) is 0 Å². The molecule has 2 fully saturated rings. The minimum Gasteiger partial charge on any atom is -0.365 e. The summed E-state index contributed by atoms with van der Waals surface area (Å²) in [4.78, 5) is 13.1. The smallest absolute Gasteiger partial charge is 0.254 e. The average Bonchev–Trinajstić information content (AvgIpc) is 3.41. The van der Waals surface area contributed by atoms with Crippen LogP contribution in [-0.4, -0.2) is 25.5 Å². The Labute approximate surface area is 159 Å². The summed E-state index contributed by atoms with van der Waals surface area (Å²) in [6, 6.07) is 10.9. The summed E-state index contributed by atoms with van der Waals surface area (Å²) in [5.74, 6) is 0.214. The van der Waals surface area contributed by atoms with Gasteiger partial charge in [-0.05, 0) is 55.7 Å². The van der Waals surface area contributed by atoms with E-state index in [1.54, 1.807) is 28.8 Å². The fourth-order valence-electron chi connectivity index (χ4n) is 3.47. The number of sulfone groups is 1. The molecule has 0 amide bonds. The highest BCUT2D eigenvalue weighted by atomic mass is 32.2. The van der Waals surface area contributed by atoms with Gasteiger partial charge in [-0.3, -0.25) is 4.79 Å². The van der Waals surface area contributed by atoms with Crippen LogP contribution in [0.4, 0.5) is 0 Å². The van der Waals surface area contributed by atoms with E-state index in [9.17, 15) is 13.2 Å². The van der Waals surface area contributed by atoms with Crippen LogP contribution < -0.4 is 5.56 Å². The summed E-state index contributed by atoms with van der Waals surface area (Å²) in [5.41, 5.74) is 1.27. The van der Waals surface area contributed by atoms with Crippen molar-refractivity contribution in [2.45, 2.75) is 49.5 Å². The number of rotatable bonds is 8. The van der Waals surface area contributed by atoms with E-state index in [0.717, 1.165) is 32.1 Å². The van der Waals surface area contributed by atoms with Gasteiger partial charge in [0, 0.05) is 24.2 Å². The van der Waals surface area contributed by atoms with Gasteiger partial charge in [0.15, 0.2) is 5.94 Å². The normalized spacial score (nSPS) is 17.6. The van der Waals surface area contributed by atoms with E-state index in [4.69, 9.17) is 4.74 Å². The lowest BCUT2D eigenvalue weighted by Crippen LogP contribution is -2.30. The van der Waals surface area contributed by atoms with E-state index >= 15 is 0 Å². The summed E-state index contributed by atoms with van der Waals surface area (Å²) in [6.45, 7) is 0.506. The maximum atomic E-state index is 12.8. The predicted molar refractivity (Wildman–Crippen MR) is 104 cm³/mol. The zero-order valence-electron chi connectivity index (χ0n) is 15.3. The summed E-state index contributed by atoms with van der Waals surface area (Å²) in [6.07, 6.45) is 7.62. The van der Waals surface area contributed by atoms with Crippen molar-refractivity contribution in [3.8, 4) is 0 Å². The monoisotopic (exact) mass is 387 g/mol. The number of ether oxygens (including phenoxy) is 1. The molecule has 1 heterocycles. The van der Waals surface area contributed by atoms with Crippen LogP contribution in [0, 0.1) is 5.92 Å². The second kappa shape index (κ2) is 7.60. The second-order valence-electron chi connectivity index (χ2n) is 7.66. The van der Waals surface area contributed by atoms with Crippen LogP contribution in [0.15, 0.2) is 52.3 Å². The molecular formula is C21H25NO4S. The standard InChI is InChI=1S/C21H25NO4S/c23-21-18(6-4-12-22(21)19-7-3-8-19)13-17-5-1-2-9-20(17)27(24,25)15-26-14-16-10-11-16/h1-2,4-6,9,12,16,19H,3,7-8,10-11,13-15H2. The number of hydrogen-bond donors (Lipinski definition) is 0. The molecule has 0 spiro atoms. The molecule has 2 saturated carbocycles. The van der Waals surface area contributed by atoms with Crippen LogP contribution in [0.1, 0.15) is 49.3 Å². The van der Waals surface area contributed by atoms with Crippen LogP contribution >= 0.6 is 0 Å². The molecule has 2 aliphatic carbocycles. The van der Waals surface area contributed by atoms with E-state index in [-0.39, 0.29) is 22.4 Å². The molecule has 2 aromatic rings. The van der Waals surface area contributed by atoms with E-state index in [0.29, 0.717) is 30.1 Å². The van der Waals surface area contributed by atoms with Crippen LogP contribution in [0.2, 0.25) is 0 Å². The average molecular weight is 388 g/mol. The third-order valence-corrected chi connectivity index (χ3v) is 7.04. The van der Waals surface area contributed by atoms with Crippen LogP contribution in [0.25, 0.3) is 0 Å². The van der Waals surface area contributed by atoms with Crippen LogP contribution in [-0.2, 0) is 21.0 Å². The summed E-state index contributed by atoms with van der Waals surface area (Å²) >= 11 is 0. The van der Waals surface area contributed by atoms with Gasteiger partial charge < -0.3 is 9.30 Å². The molecule has 5 nitrogen and oxygen atoms in total. The highest BCUT2D eigenvalue weighted by Crippen LogP contribution is 2.30. The maximum Gasteiger partial charge on any atom is 0.254 e. The fraction of sp³-hybridized carbons (Fsp3) is 0.476. The number of nitrogens with zero attached hydrogens (tertiary/aromatic N) is 1. The first-order valence-corrected chi connectivity index (χ1v) is 11.3. The van der Waals surface area contributed by atoms with Crippen molar-refractivity contribution in [1.82, 2.24) is 4.57 Å². The van der Waals surface area contributed by atoms with Crippen molar-refractivity contribution < 1.29 is 13.2 Å². The third-order valence-electron chi connectivity index (χ3n) is 5.50. The first kappa shape index (κ1) is 18.4. The molecule has 0 aliphatic heterocycles. The molecule has 0 radical (unpaired) electrons. The Morgan fingerprint density at radius 2 is 1.74 bits per heavy atom. The van der Waals surface area contributed by atoms with Crippen molar-refractivity contribution >= 4 is 9.84 Å². The molecule has 27 heavy (non-hydrogen) atoms. The van der Waals surface area contributed by atoms with Gasteiger partial charge in [-0.1, -0.05) is 24.3 Å². The lowest BCUT2D eigenvalue weighted by Gasteiger charge is -2.28. The van der Waals surface area contributed by atoms with Gasteiger partial charge in [0.25, 0.3) is 5.56 Å². The molecule has 4 rings (SSSR count). The Morgan fingerprint density at radius 3 is 2.44 bits per heavy atom. The van der Waals surface area contributed by atoms with Crippen molar-refractivity contribution in [2.24, 2.45) is 5.92 Å². The number of benzene rings is 1. The largest absolute Gasteiger partial charge is 0.365 e. The van der Waals surface area contributed by atoms with Crippen molar-refractivity contribution in [3.63, 3.8) is 0 Å². The summed E-state index contributed by atoms with van der Waals surface area (Å²) in [7, 11) is -3.54. The second-order valence-corrected chi connectivity index (χ2v) is 9.57. The number of aromatic nitrogens is 1. The topological polar surface area (TPSA) is 65.4 Å². The Kier molecular flexibility index (Phi) is 5.19. The molecule has 0 saturated heterocycles. The molecule has 6 heteroatoms. The molecule has 0 atom stereocenters. The first-order valence-electron chi connectivity index (χ1n) is 9.63. The van der Waals surface area contributed by atoms with E-state index in [2.05, 4.69) is 0 Å². The van der Waals surface area contributed by atoms with Gasteiger partial charge in [0.05, 0.1) is 11.5 Å². The van der Waals surface area contributed by atoms with Crippen LogP contribution in [0.3, 0.4) is 0 Å². The zero-order chi connectivity index (χ0) is 18.9. The third kappa shape index (κ3) is 4.17. The Hall–Kier alpha value is -1.92. The van der Waals surface area contributed by atoms with Crippen molar-refractivity contribution in [3.05, 3.63) is 64.1 Å². The molecule has 0 bridgehead atoms. The quantitative estimate of drug-likeness (QED) is 0.697. The van der Waals surface area contributed by atoms with Gasteiger partial charge in [0.2, 0.25) is 9.84 Å². The lowest BCUT2D eigenvalue weighted by atomic mass is 9.92. The molecule has 0 unspecified atom stereocenters. The summed E-state index contributed by atoms with van der Waals surface area (Å²) < 4.78 is 32.7. The molecular weight excluding hydrogens is 362 g/mol. The van der Waals surface area contributed by atoms with Crippen molar-refractivity contribution in [1.29, 1.82) is 0 Å². The maximum absolute atomic E-state index is 12.8. The molecule has 144 valence electrons. The minimum atomic E-state index is -3.54. The molecule has 2 aliphatic rings. The summed E-state index contributed by atoms with van der Waals surface area (Å²) in [5, 5.41) is 0. The van der Waals surface area contributed by atoms with E-state index < -0.39 is 9.84 Å². The minimum absolute atomic E-state index is 0.0145. The lowest BCUT2D eigenvalue weighted by molar-refractivity contribution is 0.165. The Morgan fingerprint density at radius 1 is 1.00 bits per heavy atom. The zero-order valence-corrected chi connectivity index (χ0v) is 16.2. The van der Waals surface area contributed by atoms with Crippen LogP contribution in [0.5, 0.6) is 0 Å². The van der Waals surface area contributed by atoms with Gasteiger partial charge >= 0.3 is 0 Å². The predicted octanol–water partition coefficient (Wildman–Crippen LogP) is 3.32. The number of hydrogen-bond acceptors (Lipinski definition) is 4. The number of pyridine rings is 1. The van der Waals surface area contributed by atoms with Crippen molar-refractivity contribution in [2.75, 3.05) is 12.5 Å². The fourth-order valence-corrected chi connectivity index (χ4v) is 4.74. The van der Waals surface area contributed by atoms with E-state index in [1.165, 1.54) is 0 Å². The van der Waals surface area contributed by atoms with Gasteiger partial charge in [-0.25, -0.2) is 8.42 Å². The van der Waals surface area contributed by atoms with Gasteiger partial charge in [0.1, 0.15) is 0 Å².